The van der Waals surface area contributed by atoms with Crippen LogP contribution in [-0.2, 0) is 5.41 Å². The van der Waals surface area contributed by atoms with Crippen LogP contribution in [0.15, 0.2) is 35.3 Å². The summed E-state index contributed by atoms with van der Waals surface area (Å²) >= 11 is 6.64. The number of para-hydroxylation sites is 1. The number of nitrogens with zero attached hydrogens (tertiary/aromatic N) is 3. The van der Waals surface area contributed by atoms with E-state index >= 15 is 0 Å². The smallest absolute Gasteiger partial charge is 0.280 e. The first-order valence-electron chi connectivity index (χ1n) is 11.1. The van der Waals surface area contributed by atoms with E-state index in [9.17, 15) is 4.79 Å². The Morgan fingerprint density at radius 3 is 2.73 bits per heavy atom. The first-order chi connectivity index (χ1) is 14.7. The van der Waals surface area contributed by atoms with Crippen molar-refractivity contribution in [1.29, 1.82) is 0 Å². The molecule has 1 aromatic carbocycles. The maximum Gasteiger partial charge on any atom is 0.280 e. The van der Waals surface area contributed by atoms with Gasteiger partial charge in [-0.05, 0) is 68.5 Å². The molecule has 1 aliphatic carbocycles. The van der Waals surface area contributed by atoms with Gasteiger partial charge in [-0.1, -0.05) is 36.9 Å². The Morgan fingerprint density at radius 1 is 1.13 bits per heavy atom. The fourth-order valence-corrected chi connectivity index (χ4v) is 6.17. The molecular formula is C24H25ClN4O. The highest BCUT2D eigenvalue weighted by Gasteiger charge is 2.47. The number of piperidine rings is 1. The molecule has 4 heterocycles. The van der Waals surface area contributed by atoms with Crippen LogP contribution in [0.1, 0.15) is 67.8 Å². The Hall–Kier alpha value is -2.24. The SMILES string of the molecule is O=c1nc2n(c3c(Cl)cccc13)-c1ncc(C3CCNCC3)cc1C21CCCCC1. The highest BCUT2D eigenvalue weighted by molar-refractivity contribution is 6.35. The van der Waals surface area contributed by atoms with Crippen LogP contribution in [0, 0.1) is 0 Å². The Kier molecular flexibility index (Phi) is 4.26. The minimum absolute atomic E-state index is 0.185. The highest BCUT2D eigenvalue weighted by Crippen LogP contribution is 2.51. The van der Waals surface area contributed by atoms with E-state index in [4.69, 9.17) is 16.6 Å². The molecule has 3 aromatic rings. The molecule has 1 N–H and O–H groups in total. The van der Waals surface area contributed by atoms with Crippen molar-refractivity contribution in [3.8, 4) is 5.82 Å². The molecule has 6 rings (SSSR count). The number of hydrogen-bond acceptors (Lipinski definition) is 4. The number of hydrogen-bond donors (Lipinski definition) is 1. The van der Waals surface area contributed by atoms with Gasteiger partial charge in [0.1, 0.15) is 11.6 Å². The molecular weight excluding hydrogens is 396 g/mol. The van der Waals surface area contributed by atoms with Gasteiger partial charge in [0, 0.05) is 11.8 Å². The van der Waals surface area contributed by atoms with Gasteiger partial charge in [-0.15, -0.1) is 0 Å². The first kappa shape index (κ1) is 18.5. The zero-order valence-electron chi connectivity index (χ0n) is 17.0. The molecule has 0 unspecified atom stereocenters. The predicted octanol–water partition coefficient (Wildman–Crippen LogP) is 4.46. The Morgan fingerprint density at radius 2 is 1.93 bits per heavy atom. The van der Waals surface area contributed by atoms with Gasteiger partial charge in [-0.2, -0.15) is 4.98 Å². The molecule has 2 fully saturated rings. The maximum absolute atomic E-state index is 13.0. The van der Waals surface area contributed by atoms with Crippen LogP contribution in [0.5, 0.6) is 0 Å². The Bertz CT molecular complexity index is 1210. The van der Waals surface area contributed by atoms with E-state index in [-0.39, 0.29) is 11.0 Å². The topological polar surface area (TPSA) is 59.8 Å². The highest BCUT2D eigenvalue weighted by atomic mass is 35.5. The lowest BCUT2D eigenvalue weighted by molar-refractivity contribution is 0.338. The number of fused-ring (bicyclic) bond motifs is 7. The van der Waals surface area contributed by atoms with Gasteiger partial charge >= 0.3 is 0 Å². The van der Waals surface area contributed by atoms with Gasteiger partial charge in [0.2, 0.25) is 0 Å². The second-order valence-electron chi connectivity index (χ2n) is 9.02. The van der Waals surface area contributed by atoms with E-state index in [0.29, 0.717) is 16.3 Å². The van der Waals surface area contributed by atoms with Crippen LogP contribution >= 0.6 is 11.6 Å². The summed E-state index contributed by atoms with van der Waals surface area (Å²) in [5.41, 5.74) is 2.91. The molecule has 0 radical (unpaired) electrons. The molecule has 0 atom stereocenters. The maximum atomic E-state index is 13.0. The van der Waals surface area contributed by atoms with E-state index < -0.39 is 0 Å². The number of nitrogens with one attached hydrogen (secondary N) is 1. The van der Waals surface area contributed by atoms with Gasteiger partial charge < -0.3 is 5.32 Å². The van der Waals surface area contributed by atoms with Crippen molar-refractivity contribution in [2.75, 3.05) is 13.1 Å². The van der Waals surface area contributed by atoms with Crippen molar-refractivity contribution in [2.45, 2.75) is 56.3 Å². The van der Waals surface area contributed by atoms with Crippen LogP contribution in [0.25, 0.3) is 16.7 Å². The molecule has 2 aliphatic heterocycles. The van der Waals surface area contributed by atoms with E-state index in [2.05, 4.69) is 20.9 Å². The minimum Gasteiger partial charge on any atom is -0.317 e. The van der Waals surface area contributed by atoms with E-state index in [1.54, 1.807) is 0 Å². The molecule has 0 amide bonds. The van der Waals surface area contributed by atoms with Crippen LogP contribution in [0.3, 0.4) is 0 Å². The summed E-state index contributed by atoms with van der Waals surface area (Å²) in [7, 11) is 0. The van der Waals surface area contributed by atoms with Crippen molar-refractivity contribution in [2.24, 2.45) is 0 Å². The molecule has 1 saturated carbocycles. The lowest BCUT2D eigenvalue weighted by Crippen LogP contribution is -2.32. The molecule has 0 bridgehead atoms. The summed E-state index contributed by atoms with van der Waals surface area (Å²) in [6.45, 7) is 2.12. The second kappa shape index (κ2) is 6.89. The zero-order valence-corrected chi connectivity index (χ0v) is 17.7. The summed E-state index contributed by atoms with van der Waals surface area (Å²) in [6, 6.07) is 7.87. The molecule has 2 aromatic heterocycles. The average Bonchev–Trinajstić information content (AvgIpc) is 3.04. The van der Waals surface area contributed by atoms with Gasteiger partial charge in [0.25, 0.3) is 5.56 Å². The summed E-state index contributed by atoms with van der Waals surface area (Å²) in [5, 5.41) is 4.60. The molecule has 154 valence electrons. The number of rotatable bonds is 1. The summed E-state index contributed by atoms with van der Waals surface area (Å²) < 4.78 is 2.09. The molecule has 5 nitrogen and oxygen atoms in total. The van der Waals surface area contributed by atoms with Crippen molar-refractivity contribution in [3.05, 3.63) is 62.8 Å². The third kappa shape index (κ3) is 2.55. The van der Waals surface area contributed by atoms with E-state index in [0.717, 1.165) is 68.8 Å². The number of aromatic nitrogens is 3. The third-order valence-electron chi connectivity index (χ3n) is 7.42. The minimum atomic E-state index is -0.226. The van der Waals surface area contributed by atoms with Crippen LogP contribution in [0.4, 0.5) is 0 Å². The number of benzene rings is 1. The fraction of sp³-hybridized carbons (Fsp3) is 0.458. The molecule has 6 heteroatoms. The largest absolute Gasteiger partial charge is 0.317 e. The monoisotopic (exact) mass is 420 g/mol. The lowest BCUT2D eigenvalue weighted by atomic mass is 9.69. The van der Waals surface area contributed by atoms with Crippen molar-refractivity contribution in [1.82, 2.24) is 19.9 Å². The quantitative estimate of drug-likeness (QED) is 0.631. The van der Waals surface area contributed by atoms with E-state index in [1.165, 1.54) is 17.5 Å². The molecule has 1 saturated heterocycles. The lowest BCUT2D eigenvalue weighted by Gasteiger charge is -2.34. The number of pyridine rings is 1. The fourth-order valence-electron chi connectivity index (χ4n) is 5.91. The third-order valence-corrected chi connectivity index (χ3v) is 7.73. The molecule has 3 aliphatic rings. The van der Waals surface area contributed by atoms with Crippen LogP contribution < -0.4 is 10.9 Å². The summed E-state index contributed by atoms with van der Waals surface area (Å²) in [4.78, 5) is 22.6. The van der Waals surface area contributed by atoms with Gasteiger partial charge in [-0.25, -0.2) is 4.98 Å². The van der Waals surface area contributed by atoms with Gasteiger partial charge in [0.15, 0.2) is 0 Å². The van der Waals surface area contributed by atoms with E-state index in [1.807, 2.05) is 24.4 Å². The Balaban J connectivity index is 1.65. The average molecular weight is 421 g/mol. The molecule has 1 spiro atoms. The number of halogens is 1. The van der Waals surface area contributed by atoms with Crippen LogP contribution in [-0.4, -0.2) is 27.6 Å². The van der Waals surface area contributed by atoms with Crippen molar-refractivity contribution < 1.29 is 0 Å². The van der Waals surface area contributed by atoms with Gasteiger partial charge in [0.05, 0.1) is 21.3 Å². The predicted molar refractivity (Wildman–Crippen MR) is 119 cm³/mol. The summed E-state index contributed by atoms with van der Waals surface area (Å²) in [6.07, 6.45) is 9.88. The molecule has 30 heavy (non-hydrogen) atoms. The zero-order chi connectivity index (χ0) is 20.3. The second-order valence-corrected chi connectivity index (χ2v) is 9.43. The standard InChI is InChI=1S/C24H25ClN4O/c25-19-6-4-5-17-20(19)29-21-18(13-16(14-27-21)15-7-11-26-12-8-15)24(9-2-1-3-10-24)23(29)28-22(17)30/h4-6,13-15,26H,1-3,7-12H2. The first-order valence-corrected chi connectivity index (χ1v) is 11.5. The van der Waals surface area contributed by atoms with Crippen molar-refractivity contribution in [3.63, 3.8) is 0 Å². The van der Waals surface area contributed by atoms with Crippen LogP contribution in [0.2, 0.25) is 5.02 Å². The normalized spacial score (nSPS) is 20.4. The van der Waals surface area contributed by atoms with Crippen molar-refractivity contribution >= 4 is 22.5 Å². The Labute approximate surface area is 180 Å². The summed E-state index contributed by atoms with van der Waals surface area (Å²) in [5.74, 6) is 2.30. The van der Waals surface area contributed by atoms with Gasteiger partial charge in [-0.3, -0.25) is 9.36 Å².